The number of allylic oxidation sites excluding steroid dienone is 1. The molecule has 1 aromatic heterocycles. The number of thiazole rings is 1. The first kappa shape index (κ1) is 31.8. The first-order chi connectivity index (χ1) is 20.8. The lowest BCUT2D eigenvalue weighted by atomic mass is 9.98. The van der Waals surface area contributed by atoms with Crippen molar-refractivity contribution in [2.24, 2.45) is 0 Å². The number of nitrogens with zero attached hydrogens (tertiary/aromatic N) is 2. The van der Waals surface area contributed by atoms with E-state index in [1.807, 2.05) is 74.2 Å². The van der Waals surface area contributed by atoms with E-state index >= 15 is 0 Å². The number of rotatable bonds is 7. The normalized spacial score (nSPS) is 14.4. The van der Waals surface area contributed by atoms with Crippen molar-refractivity contribution in [3.05, 3.63) is 101 Å². The van der Waals surface area contributed by atoms with Crippen molar-refractivity contribution in [1.29, 1.82) is 0 Å². The van der Waals surface area contributed by atoms with Gasteiger partial charge in [-0.1, -0.05) is 53.8 Å². The highest BCUT2D eigenvalue weighted by atomic mass is 32.2. The number of aryl methyl sites for hydroxylation is 1. The molecule has 0 unspecified atom stereocenters. The average Bonchev–Trinajstić information content (AvgIpc) is 3.46. The van der Waals surface area contributed by atoms with Gasteiger partial charge < -0.3 is 14.0 Å². The van der Waals surface area contributed by atoms with Gasteiger partial charge in [-0.3, -0.25) is 0 Å². The summed E-state index contributed by atoms with van der Waals surface area (Å²) in [5, 5.41) is 4.66. The van der Waals surface area contributed by atoms with E-state index in [0.717, 1.165) is 59.9 Å². The van der Waals surface area contributed by atoms with Crippen LogP contribution in [0.25, 0.3) is 37.8 Å². The lowest BCUT2D eigenvalue weighted by molar-refractivity contribution is -0.649. The van der Waals surface area contributed by atoms with Crippen molar-refractivity contribution >= 4 is 75.1 Å². The lowest BCUT2D eigenvalue weighted by Crippen LogP contribution is -2.39. The third-order valence-electron chi connectivity index (χ3n) is 8.14. The molecule has 1 aliphatic rings. The predicted molar refractivity (Wildman–Crippen MR) is 177 cm³/mol. The molecular formula is C33H33N2O6S3-. The van der Waals surface area contributed by atoms with Gasteiger partial charge in [-0.05, 0) is 77.1 Å². The number of hydrogen-bond donors (Lipinski definition) is 0. The minimum absolute atomic E-state index is 0.148. The predicted octanol–water partition coefficient (Wildman–Crippen LogP) is 6.06. The summed E-state index contributed by atoms with van der Waals surface area (Å²) in [6.07, 6.45) is 2.59. The summed E-state index contributed by atoms with van der Waals surface area (Å²) in [6.45, 7) is 12.4. The third kappa shape index (κ3) is 6.29. The Bertz CT molecular complexity index is 2180. The van der Waals surface area contributed by atoms with Crippen LogP contribution in [0, 0.1) is 20.8 Å². The Hall–Kier alpha value is -3.61. The van der Waals surface area contributed by atoms with E-state index in [1.54, 1.807) is 4.57 Å². The quantitative estimate of drug-likeness (QED) is 0.0909. The second-order valence-electron chi connectivity index (χ2n) is 10.9. The molecule has 0 saturated heterocycles. The van der Waals surface area contributed by atoms with Crippen LogP contribution >= 0.6 is 11.3 Å². The summed E-state index contributed by atoms with van der Waals surface area (Å²) in [7, 11) is -9.00. The van der Waals surface area contributed by atoms with Gasteiger partial charge in [0.2, 0.25) is 11.4 Å². The molecule has 0 spiro atoms. The van der Waals surface area contributed by atoms with E-state index < -0.39 is 31.9 Å². The van der Waals surface area contributed by atoms with E-state index in [2.05, 4.69) is 25.3 Å². The number of hydrogen-bond acceptors (Lipinski definition) is 8. The van der Waals surface area contributed by atoms with E-state index in [0.29, 0.717) is 23.5 Å². The lowest BCUT2D eigenvalue weighted by Gasteiger charge is -2.24. The zero-order valence-corrected chi connectivity index (χ0v) is 27.2. The summed E-state index contributed by atoms with van der Waals surface area (Å²) >= 11 is 1.40. The van der Waals surface area contributed by atoms with Gasteiger partial charge in [0.05, 0.1) is 10.1 Å². The Balaban J connectivity index is 0.00000188. The summed E-state index contributed by atoms with van der Waals surface area (Å²) in [5.41, 5.74) is 6.90. The second kappa shape index (κ2) is 12.1. The average molecular weight is 650 g/mol. The van der Waals surface area contributed by atoms with Gasteiger partial charge in [0, 0.05) is 42.2 Å². The summed E-state index contributed by atoms with van der Waals surface area (Å²) in [5.74, 6) is -1.20. The van der Waals surface area contributed by atoms with Crippen LogP contribution in [0.5, 0.6) is 0 Å². The topological polar surface area (TPSA) is 122 Å². The molecule has 230 valence electrons. The van der Waals surface area contributed by atoms with Crippen molar-refractivity contribution in [3.63, 3.8) is 0 Å². The Labute approximate surface area is 262 Å². The second-order valence-corrected chi connectivity index (χ2v) is 14.9. The Morgan fingerprint density at radius 3 is 2.32 bits per heavy atom. The van der Waals surface area contributed by atoms with Crippen LogP contribution in [-0.4, -0.2) is 38.2 Å². The van der Waals surface area contributed by atoms with Crippen LogP contribution in [-0.2, 0) is 32.5 Å². The van der Waals surface area contributed by atoms with Crippen molar-refractivity contribution in [2.75, 3.05) is 17.2 Å². The standard InChI is InChI=1S/C31H30N2O6S3.C2H4/c1-19-13-24-14-25(32(11-6-12-41(34,35)36)31(24)21(3)20(19)2)16-30-33(18-42(37,38)39)28-17-27-23(15-29(28)40-30)10-9-22-7-4-5-8-26(22)27;1-2/h4-5,7-10,13,15-17H,6,11-12,14,18H2,1-3H3,(H-,34,35,36,37,38,39);1-2H2/p-1. The van der Waals surface area contributed by atoms with Crippen molar-refractivity contribution in [2.45, 2.75) is 39.5 Å². The molecule has 6 rings (SSSR count). The largest absolute Gasteiger partial charge is 0.748 e. The first-order valence-electron chi connectivity index (χ1n) is 14.0. The number of benzene rings is 4. The van der Waals surface area contributed by atoms with E-state index in [9.17, 15) is 25.9 Å². The van der Waals surface area contributed by atoms with Gasteiger partial charge >= 0.3 is 0 Å². The van der Waals surface area contributed by atoms with Crippen molar-refractivity contribution in [1.82, 2.24) is 0 Å². The molecule has 8 nitrogen and oxygen atoms in total. The Morgan fingerprint density at radius 1 is 0.909 bits per heavy atom. The molecule has 5 aromatic rings. The smallest absolute Gasteiger partial charge is 0.265 e. The van der Waals surface area contributed by atoms with E-state index in [4.69, 9.17) is 0 Å². The molecule has 0 bridgehead atoms. The maximum absolute atomic E-state index is 12.1. The van der Waals surface area contributed by atoms with Gasteiger partial charge in [0.1, 0.15) is 4.70 Å². The number of anilines is 1. The minimum atomic E-state index is -4.63. The molecule has 0 saturated carbocycles. The van der Waals surface area contributed by atoms with E-state index in [-0.39, 0.29) is 6.42 Å². The molecule has 2 heterocycles. The highest BCUT2D eigenvalue weighted by Crippen LogP contribution is 2.41. The van der Waals surface area contributed by atoms with Crippen LogP contribution in [0.4, 0.5) is 5.69 Å². The highest BCUT2D eigenvalue weighted by molar-refractivity contribution is 7.85. The molecule has 1 aliphatic heterocycles. The Morgan fingerprint density at radius 2 is 1.61 bits per heavy atom. The minimum Gasteiger partial charge on any atom is -0.748 e. The van der Waals surface area contributed by atoms with Crippen LogP contribution in [0.1, 0.15) is 33.7 Å². The van der Waals surface area contributed by atoms with Gasteiger partial charge in [-0.2, -0.15) is 4.57 Å². The summed E-state index contributed by atoms with van der Waals surface area (Å²) < 4.78 is 72.9. The molecule has 0 N–H and O–H groups in total. The molecular weight excluding hydrogens is 617 g/mol. The van der Waals surface area contributed by atoms with Gasteiger partial charge in [-0.15, -0.1) is 13.2 Å². The van der Waals surface area contributed by atoms with E-state index in [1.165, 1.54) is 11.3 Å². The van der Waals surface area contributed by atoms with Crippen LogP contribution in [0.15, 0.2) is 73.5 Å². The molecule has 0 atom stereocenters. The fourth-order valence-corrected chi connectivity index (χ4v) is 8.34. The zero-order valence-electron chi connectivity index (χ0n) is 24.8. The summed E-state index contributed by atoms with van der Waals surface area (Å²) in [4.78, 5) is 2.03. The molecule has 44 heavy (non-hydrogen) atoms. The fourth-order valence-electron chi connectivity index (χ4n) is 6.02. The molecule has 11 heteroatoms. The van der Waals surface area contributed by atoms with Gasteiger partial charge in [-0.25, -0.2) is 16.8 Å². The fraction of sp³-hybridized carbons (Fsp3) is 0.242. The number of aromatic nitrogens is 1. The number of fused-ring (bicyclic) bond motifs is 5. The SMILES string of the molecule is C=C.Cc1cc2c(c(C)c1C)N(CCCS(=O)(=O)[O-])C(=Cc1sc3cc4ccc5ccccc5c4cc3[n+]1CS(=O)(=O)[O-])C2. The van der Waals surface area contributed by atoms with Crippen LogP contribution in [0.3, 0.4) is 0 Å². The van der Waals surface area contributed by atoms with Crippen LogP contribution < -0.4 is 9.47 Å². The van der Waals surface area contributed by atoms with Gasteiger partial charge in [0.25, 0.3) is 5.01 Å². The maximum atomic E-state index is 12.1. The maximum Gasteiger partial charge on any atom is 0.265 e. The highest BCUT2D eigenvalue weighted by Gasteiger charge is 2.30. The van der Waals surface area contributed by atoms with Crippen LogP contribution in [0.2, 0.25) is 0 Å². The molecule has 0 aliphatic carbocycles. The molecule has 0 radical (unpaired) electrons. The van der Waals surface area contributed by atoms with Gasteiger partial charge in [0.15, 0.2) is 10.1 Å². The summed E-state index contributed by atoms with van der Waals surface area (Å²) in [6, 6.07) is 18.2. The van der Waals surface area contributed by atoms with Crippen molar-refractivity contribution in [3.8, 4) is 0 Å². The first-order valence-corrected chi connectivity index (χ1v) is 18.0. The monoisotopic (exact) mass is 649 g/mol. The molecule has 0 amide bonds. The Kier molecular flexibility index (Phi) is 8.71. The third-order valence-corrected chi connectivity index (χ3v) is 10.6. The van der Waals surface area contributed by atoms with Crippen molar-refractivity contribution < 1.29 is 30.5 Å². The molecule has 4 aromatic carbocycles. The zero-order chi connectivity index (χ0) is 32.0. The molecule has 0 fully saturated rings.